The molecular weight excluding hydrogens is 192 g/mol. The molecule has 0 radical (unpaired) electrons. The van der Waals surface area contributed by atoms with Gasteiger partial charge in [-0.2, -0.15) is 0 Å². The Labute approximate surface area is 89.9 Å². The van der Waals surface area contributed by atoms with E-state index in [0.717, 1.165) is 6.54 Å². The van der Waals surface area contributed by atoms with E-state index < -0.39 is 0 Å². The van der Waals surface area contributed by atoms with Gasteiger partial charge in [-0.3, -0.25) is 4.90 Å². The minimum atomic E-state index is 0.698. The van der Waals surface area contributed by atoms with Gasteiger partial charge in [-0.05, 0) is 37.9 Å². The lowest BCUT2D eigenvalue weighted by atomic mass is 10.1. The molecule has 0 saturated carbocycles. The van der Waals surface area contributed by atoms with Gasteiger partial charge < -0.3 is 5.32 Å². The molecule has 1 unspecified atom stereocenters. The lowest BCUT2D eigenvalue weighted by Gasteiger charge is -2.32. The molecule has 1 atom stereocenters. The summed E-state index contributed by atoms with van der Waals surface area (Å²) in [5.74, 6) is 0. The summed E-state index contributed by atoms with van der Waals surface area (Å²) >= 11 is 1.86. The van der Waals surface area contributed by atoms with Crippen molar-refractivity contribution in [2.75, 3.05) is 20.1 Å². The van der Waals surface area contributed by atoms with Crippen LogP contribution in [-0.4, -0.2) is 31.1 Å². The van der Waals surface area contributed by atoms with Crippen molar-refractivity contribution in [3.05, 3.63) is 22.4 Å². The molecule has 0 spiro atoms. The zero-order valence-electron chi connectivity index (χ0n) is 8.70. The number of hydrogen-bond acceptors (Lipinski definition) is 3. The molecule has 1 saturated heterocycles. The van der Waals surface area contributed by atoms with E-state index in [1.54, 1.807) is 0 Å². The molecule has 0 aromatic carbocycles. The summed E-state index contributed by atoms with van der Waals surface area (Å²) in [5.41, 5.74) is 0. The second-order valence-corrected chi connectivity index (χ2v) is 4.97. The topological polar surface area (TPSA) is 15.3 Å². The van der Waals surface area contributed by atoms with E-state index in [1.165, 1.54) is 30.8 Å². The second-order valence-electron chi connectivity index (χ2n) is 3.94. The number of piperidine rings is 1. The molecule has 78 valence electrons. The molecule has 2 heterocycles. The molecule has 2 rings (SSSR count). The van der Waals surface area contributed by atoms with Crippen LogP contribution in [0.3, 0.4) is 0 Å². The molecule has 0 bridgehead atoms. The molecule has 1 aromatic rings. The minimum absolute atomic E-state index is 0.698. The van der Waals surface area contributed by atoms with Crippen molar-refractivity contribution >= 4 is 11.3 Å². The van der Waals surface area contributed by atoms with Crippen LogP contribution in [0.15, 0.2) is 17.5 Å². The van der Waals surface area contributed by atoms with Gasteiger partial charge in [-0.15, -0.1) is 11.3 Å². The summed E-state index contributed by atoms with van der Waals surface area (Å²) in [6, 6.07) is 5.07. The lowest BCUT2D eigenvalue weighted by Crippen LogP contribution is -2.43. The molecule has 14 heavy (non-hydrogen) atoms. The van der Waals surface area contributed by atoms with E-state index in [9.17, 15) is 0 Å². The number of hydrogen-bond donors (Lipinski definition) is 1. The Morgan fingerprint density at radius 1 is 1.64 bits per heavy atom. The van der Waals surface area contributed by atoms with Gasteiger partial charge in [-0.25, -0.2) is 0 Å². The highest BCUT2D eigenvalue weighted by Crippen LogP contribution is 2.16. The third kappa shape index (κ3) is 2.56. The fourth-order valence-corrected chi connectivity index (χ4v) is 2.80. The van der Waals surface area contributed by atoms with Crippen molar-refractivity contribution in [2.24, 2.45) is 0 Å². The van der Waals surface area contributed by atoms with Crippen molar-refractivity contribution in [1.29, 1.82) is 0 Å². The number of nitrogens with one attached hydrogen (secondary N) is 1. The van der Waals surface area contributed by atoms with Crippen molar-refractivity contribution < 1.29 is 0 Å². The minimum Gasteiger partial charge on any atom is -0.316 e. The SMILES string of the molecule is CNC1CCCN(Cc2cccs2)C1. The number of thiophene rings is 1. The molecule has 2 nitrogen and oxygen atoms in total. The van der Waals surface area contributed by atoms with E-state index >= 15 is 0 Å². The largest absolute Gasteiger partial charge is 0.316 e. The van der Waals surface area contributed by atoms with Crippen molar-refractivity contribution in [1.82, 2.24) is 10.2 Å². The number of nitrogens with zero attached hydrogens (tertiary/aromatic N) is 1. The Kier molecular flexibility index (Phi) is 3.56. The third-order valence-electron chi connectivity index (χ3n) is 2.87. The second kappa shape index (κ2) is 4.91. The predicted molar refractivity (Wildman–Crippen MR) is 61.7 cm³/mol. The summed E-state index contributed by atoms with van der Waals surface area (Å²) in [7, 11) is 2.07. The molecule has 1 N–H and O–H groups in total. The summed E-state index contributed by atoms with van der Waals surface area (Å²) in [6.45, 7) is 3.60. The summed E-state index contributed by atoms with van der Waals surface area (Å²) in [5, 5.41) is 5.54. The van der Waals surface area contributed by atoms with Crippen LogP contribution in [0.25, 0.3) is 0 Å². The predicted octanol–water partition coefficient (Wildman–Crippen LogP) is 1.93. The van der Waals surface area contributed by atoms with Gasteiger partial charge in [0.25, 0.3) is 0 Å². The van der Waals surface area contributed by atoms with Crippen LogP contribution < -0.4 is 5.32 Å². The Hall–Kier alpha value is -0.380. The average molecular weight is 210 g/mol. The van der Waals surface area contributed by atoms with Crippen molar-refractivity contribution in [3.63, 3.8) is 0 Å². The first-order valence-corrected chi connectivity index (χ1v) is 6.18. The maximum Gasteiger partial charge on any atom is 0.0328 e. The highest BCUT2D eigenvalue weighted by Gasteiger charge is 2.18. The normalized spacial score (nSPS) is 23.9. The van der Waals surface area contributed by atoms with Gasteiger partial charge in [0.05, 0.1) is 0 Å². The van der Waals surface area contributed by atoms with Gasteiger partial charge in [0.15, 0.2) is 0 Å². The molecule has 1 fully saturated rings. The van der Waals surface area contributed by atoms with Gasteiger partial charge in [0, 0.05) is 24.0 Å². The van der Waals surface area contributed by atoms with Crippen LogP contribution in [0.4, 0.5) is 0 Å². The van der Waals surface area contributed by atoms with Crippen molar-refractivity contribution in [3.8, 4) is 0 Å². The van der Waals surface area contributed by atoms with Gasteiger partial charge in [0.2, 0.25) is 0 Å². The Balaban J connectivity index is 1.86. The first-order valence-electron chi connectivity index (χ1n) is 5.30. The van der Waals surface area contributed by atoms with Gasteiger partial charge in [-0.1, -0.05) is 6.07 Å². The highest BCUT2D eigenvalue weighted by atomic mass is 32.1. The Bertz CT molecular complexity index is 258. The smallest absolute Gasteiger partial charge is 0.0328 e. The third-order valence-corrected chi connectivity index (χ3v) is 3.73. The standard InChI is InChI=1S/C11H18N2S/c1-12-10-4-2-6-13(8-10)9-11-5-3-7-14-11/h3,5,7,10,12H,2,4,6,8-9H2,1H3. The Morgan fingerprint density at radius 2 is 2.57 bits per heavy atom. The quantitative estimate of drug-likeness (QED) is 0.820. The van der Waals surface area contributed by atoms with E-state index in [4.69, 9.17) is 0 Å². The van der Waals surface area contributed by atoms with Crippen LogP contribution in [0, 0.1) is 0 Å². The first-order chi connectivity index (χ1) is 6.88. The number of likely N-dealkylation sites (N-methyl/N-ethyl adjacent to an activating group) is 1. The van der Waals surface area contributed by atoms with Gasteiger partial charge >= 0.3 is 0 Å². The molecule has 3 heteroatoms. The Morgan fingerprint density at radius 3 is 3.29 bits per heavy atom. The molecule has 1 aliphatic heterocycles. The van der Waals surface area contributed by atoms with E-state index in [-0.39, 0.29) is 0 Å². The molecule has 1 aromatic heterocycles. The van der Waals surface area contributed by atoms with Crippen LogP contribution in [0.1, 0.15) is 17.7 Å². The number of rotatable bonds is 3. The van der Waals surface area contributed by atoms with Crippen molar-refractivity contribution in [2.45, 2.75) is 25.4 Å². The average Bonchev–Trinajstić information content (AvgIpc) is 2.71. The van der Waals surface area contributed by atoms with E-state index in [2.05, 4.69) is 34.8 Å². The lowest BCUT2D eigenvalue weighted by molar-refractivity contribution is 0.189. The van der Waals surface area contributed by atoms with E-state index in [0.29, 0.717) is 6.04 Å². The number of likely N-dealkylation sites (tertiary alicyclic amines) is 1. The van der Waals surface area contributed by atoms with Crippen LogP contribution in [-0.2, 0) is 6.54 Å². The maximum atomic E-state index is 3.38. The molecular formula is C11H18N2S. The van der Waals surface area contributed by atoms with E-state index in [1.807, 2.05) is 11.3 Å². The summed E-state index contributed by atoms with van der Waals surface area (Å²) < 4.78 is 0. The molecule has 0 amide bonds. The zero-order chi connectivity index (χ0) is 9.80. The van der Waals surface area contributed by atoms with Crippen LogP contribution in [0.2, 0.25) is 0 Å². The monoisotopic (exact) mass is 210 g/mol. The van der Waals surface area contributed by atoms with Crippen LogP contribution in [0.5, 0.6) is 0 Å². The first kappa shape index (κ1) is 10.1. The van der Waals surface area contributed by atoms with Crippen LogP contribution >= 0.6 is 11.3 Å². The fraction of sp³-hybridized carbons (Fsp3) is 0.636. The summed E-state index contributed by atoms with van der Waals surface area (Å²) in [4.78, 5) is 4.04. The summed E-state index contributed by atoms with van der Waals surface area (Å²) in [6.07, 6.45) is 2.66. The molecule has 1 aliphatic rings. The van der Waals surface area contributed by atoms with Gasteiger partial charge in [0.1, 0.15) is 0 Å². The fourth-order valence-electron chi connectivity index (χ4n) is 2.06. The highest BCUT2D eigenvalue weighted by molar-refractivity contribution is 7.09. The molecule has 0 aliphatic carbocycles. The zero-order valence-corrected chi connectivity index (χ0v) is 9.52. The maximum absolute atomic E-state index is 3.38.